The second-order valence-electron chi connectivity index (χ2n) is 5.44. The molecule has 2 aromatic carbocycles. The molecule has 0 bridgehead atoms. The second-order valence-corrected chi connectivity index (χ2v) is 6.38. The molecule has 0 atom stereocenters. The third kappa shape index (κ3) is 4.09. The number of ketones is 1. The van der Waals surface area contributed by atoms with Crippen LogP contribution in [0.2, 0.25) is 0 Å². The first-order valence-corrected chi connectivity index (χ1v) is 9.02. The number of benzene rings is 2. The highest BCUT2D eigenvalue weighted by Gasteiger charge is 2.12. The Hall–Kier alpha value is -2.60. The first-order valence-electron chi connectivity index (χ1n) is 8.04. The molecule has 0 N–H and O–H groups in total. The first kappa shape index (κ1) is 17.2. The van der Waals surface area contributed by atoms with E-state index < -0.39 is 0 Å². The van der Waals surface area contributed by atoms with Crippen LogP contribution in [0.3, 0.4) is 0 Å². The largest absolute Gasteiger partial charge is 0.494 e. The number of nitrogens with zero attached hydrogens (tertiary/aromatic N) is 3. The molecule has 0 aliphatic carbocycles. The molecule has 0 fully saturated rings. The molecule has 0 radical (unpaired) electrons. The summed E-state index contributed by atoms with van der Waals surface area (Å²) < 4.78 is 7.31. The number of para-hydroxylation sites is 1. The van der Waals surface area contributed by atoms with E-state index in [0.717, 1.165) is 17.0 Å². The van der Waals surface area contributed by atoms with Gasteiger partial charge in [-0.15, -0.1) is 10.2 Å². The van der Waals surface area contributed by atoms with E-state index in [1.54, 1.807) is 18.5 Å². The highest BCUT2D eigenvalue weighted by molar-refractivity contribution is 7.99. The fraction of sp³-hybridized carbons (Fsp3) is 0.211. The Morgan fingerprint density at radius 1 is 1.16 bits per heavy atom. The Labute approximate surface area is 151 Å². The number of hydrogen-bond donors (Lipinski definition) is 0. The number of aromatic nitrogens is 3. The Morgan fingerprint density at radius 3 is 2.64 bits per heavy atom. The van der Waals surface area contributed by atoms with Crippen molar-refractivity contribution >= 4 is 17.5 Å². The molecule has 6 heteroatoms. The minimum absolute atomic E-state index is 0.0485. The van der Waals surface area contributed by atoms with Crippen LogP contribution in [0.15, 0.2) is 60.0 Å². The molecule has 25 heavy (non-hydrogen) atoms. The maximum Gasteiger partial charge on any atom is 0.196 e. The molecule has 0 aliphatic heterocycles. The van der Waals surface area contributed by atoms with Crippen molar-refractivity contribution in [2.45, 2.75) is 19.0 Å². The maximum atomic E-state index is 12.4. The van der Waals surface area contributed by atoms with Gasteiger partial charge in [-0.3, -0.25) is 9.36 Å². The summed E-state index contributed by atoms with van der Waals surface area (Å²) in [6.07, 6.45) is 1.67. The maximum absolute atomic E-state index is 12.4. The van der Waals surface area contributed by atoms with E-state index in [1.807, 2.05) is 54.8 Å². The zero-order valence-electron chi connectivity index (χ0n) is 14.2. The van der Waals surface area contributed by atoms with Crippen LogP contribution in [0, 0.1) is 6.92 Å². The summed E-state index contributed by atoms with van der Waals surface area (Å²) in [5.41, 5.74) is 2.81. The topological polar surface area (TPSA) is 57.0 Å². The van der Waals surface area contributed by atoms with Crippen molar-refractivity contribution in [1.82, 2.24) is 14.8 Å². The highest BCUT2D eigenvalue weighted by atomic mass is 32.2. The summed E-state index contributed by atoms with van der Waals surface area (Å²) in [6, 6.07) is 15.2. The summed E-state index contributed by atoms with van der Waals surface area (Å²) in [7, 11) is 0. The normalized spacial score (nSPS) is 10.6. The quantitative estimate of drug-likeness (QED) is 0.475. The van der Waals surface area contributed by atoms with Crippen LogP contribution in [0.5, 0.6) is 5.75 Å². The number of thioether (sulfide) groups is 1. The summed E-state index contributed by atoms with van der Waals surface area (Å²) in [6.45, 7) is 4.58. The summed E-state index contributed by atoms with van der Waals surface area (Å²) in [4.78, 5) is 12.4. The lowest BCUT2D eigenvalue weighted by Crippen LogP contribution is -2.04. The lowest BCUT2D eigenvalue weighted by Gasteiger charge is -2.09. The average molecular weight is 353 g/mol. The van der Waals surface area contributed by atoms with Gasteiger partial charge in [0, 0.05) is 5.56 Å². The molecule has 0 amide bonds. The van der Waals surface area contributed by atoms with Gasteiger partial charge in [0.1, 0.15) is 12.1 Å². The number of carbonyl (C=O) groups excluding carboxylic acids is 1. The molecule has 1 aromatic heterocycles. The van der Waals surface area contributed by atoms with Crippen LogP contribution in [-0.2, 0) is 0 Å². The predicted molar refractivity (Wildman–Crippen MR) is 98.8 cm³/mol. The highest BCUT2D eigenvalue weighted by Crippen LogP contribution is 2.23. The first-order chi connectivity index (χ1) is 12.2. The molecule has 0 spiro atoms. The van der Waals surface area contributed by atoms with E-state index in [2.05, 4.69) is 10.2 Å². The standard InChI is InChI=1S/C19H19N3O2S/c1-3-24-16-10-8-15(9-11-16)18(23)12-25-19-21-20-13-22(19)17-7-5-4-6-14(17)2/h4-11,13H,3,12H2,1-2H3. The van der Waals surface area contributed by atoms with Crippen LogP contribution in [0.25, 0.3) is 5.69 Å². The van der Waals surface area contributed by atoms with Crippen molar-refractivity contribution in [2.24, 2.45) is 0 Å². The third-order valence-corrected chi connectivity index (χ3v) is 4.65. The molecule has 3 rings (SSSR count). The Balaban J connectivity index is 1.69. The van der Waals surface area contributed by atoms with Crippen molar-refractivity contribution in [3.05, 3.63) is 66.0 Å². The van der Waals surface area contributed by atoms with E-state index in [9.17, 15) is 4.79 Å². The molecular formula is C19H19N3O2S. The van der Waals surface area contributed by atoms with Gasteiger partial charge >= 0.3 is 0 Å². The van der Waals surface area contributed by atoms with Gasteiger partial charge in [0.15, 0.2) is 10.9 Å². The SMILES string of the molecule is CCOc1ccc(C(=O)CSc2nncn2-c2ccccc2C)cc1. The number of Topliss-reactive ketones (excluding diaryl/α,β-unsaturated/α-hetero) is 1. The number of carbonyl (C=O) groups is 1. The van der Waals surface area contributed by atoms with Crippen molar-refractivity contribution < 1.29 is 9.53 Å². The minimum Gasteiger partial charge on any atom is -0.494 e. The molecule has 0 saturated heterocycles. The van der Waals surface area contributed by atoms with E-state index in [-0.39, 0.29) is 5.78 Å². The average Bonchev–Trinajstić information content (AvgIpc) is 3.09. The van der Waals surface area contributed by atoms with Gasteiger partial charge in [-0.1, -0.05) is 30.0 Å². The summed E-state index contributed by atoms with van der Waals surface area (Å²) in [5, 5.41) is 8.83. The van der Waals surface area contributed by atoms with Crippen LogP contribution < -0.4 is 4.74 Å². The van der Waals surface area contributed by atoms with Gasteiger partial charge in [-0.05, 0) is 49.7 Å². The van der Waals surface area contributed by atoms with Crippen molar-refractivity contribution in [3.8, 4) is 11.4 Å². The van der Waals surface area contributed by atoms with Gasteiger partial charge in [0.05, 0.1) is 18.0 Å². The van der Waals surface area contributed by atoms with E-state index in [4.69, 9.17) is 4.74 Å². The van der Waals surface area contributed by atoms with Crippen LogP contribution in [-0.4, -0.2) is 32.9 Å². The second kappa shape index (κ2) is 7.98. The number of ether oxygens (including phenoxy) is 1. The number of rotatable bonds is 7. The van der Waals surface area contributed by atoms with Crippen molar-refractivity contribution in [3.63, 3.8) is 0 Å². The Morgan fingerprint density at radius 2 is 1.92 bits per heavy atom. The molecule has 0 aliphatic rings. The van der Waals surface area contributed by atoms with Gasteiger partial charge in [-0.25, -0.2) is 0 Å². The molecule has 1 heterocycles. The molecule has 5 nitrogen and oxygen atoms in total. The molecule has 3 aromatic rings. The number of hydrogen-bond acceptors (Lipinski definition) is 5. The molecular weight excluding hydrogens is 334 g/mol. The molecule has 0 saturated carbocycles. The molecule has 128 valence electrons. The summed E-state index contributed by atoms with van der Waals surface area (Å²) >= 11 is 1.38. The van der Waals surface area contributed by atoms with Crippen LogP contribution >= 0.6 is 11.8 Å². The zero-order chi connectivity index (χ0) is 17.6. The number of aryl methyl sites for hydroxylation is 1. The van der Waals surface area contributed by atoms with Crippen LogP contribution in [0.1, 0.15) is 22.8 Å². The van der Waals surface area contributed by atoms with E-state index in [0.29, 0.717) is 23.1 Å². The van der Waals surface area contributed by atoms with Crippen molar-refractivity contribution in [1.29, 1.82) is 0 Å². The van der Waals surface area contributed by atoms with Gasteiger partial charge in [0.2, 0.25) is 0 Å². The lowest BCUT2D eigenvalue weighted by atomic mass is 10.1. The van der Waals surface area contributed by atoms with E-state index in [1.165, 1.54) is 11.8 Å². The predicted octanol–water partition coefficient (Wildman–Crippen LogP) is 3.95. The minimum atomic E-state index is 0.0485. The Kier molecular flexibility index (Phi) is 5.50. The zero-order valence-corrected chi connectivity index (χ0v) is 15.0. The van der Waals surface area contributed by atoms with E-state index >= 15 is 0 Å². The fourth-order valence-corrected chi connectivity index (χ4v) is 3.26. The lowest BCUT2D eigenvalue weighted by molar-refractivity contribution is 0.102. The van der Waals surface area contributed by atoms with Crippen molar-refractivity contribution in [2.75, 3.05) is 12.4 Å². The monoisotopic (exact) mass is 353 g/mol. The summed E-state index contributed by atoms with van der Waals surface area (Å²) in [5.74, 6) is 1.12. The van der Waals surface area contributed by atoms with Gasteiger partial charge in [-0.2, -0.15) is 0 Å². The fourth-order valence-electron chi connectivity index (χ4n) is 2.44. The van der Waals surface area contributed by atoms with Crippen LogP contribution in [0.4, 0.5) is 0 Å². The van der Waals surface area contributed by atoms with Gasteiger partial charge in [0.25, 0.3) is 0 Å². The third-order valence-electron chi connectivity index (χ3n) is 3.71. The van der Waals surface area contributed by atoms with Gasteiger partial charge < -0.3 is 4.74 Å². The molecule has 0 unspecified atom stereocenters. The smallest absolute Gasteiger partial charge is 0.196 e. The Bertz CT molecular complexity index is 859.